The second kappa shape index (κ2) is 4.41. The molecule has 14 heavy (non-hydrogen) atoms. The van der Waals surface area contributed by atoms with E-state index in [1.54, 1.807) is 19.1 Å². The lowest BCUT2D eigenvalue weighted by Gasteiger charge is -2.06. The smallest absolute Gasteiger partial charge is 0.253 e. The minimum atomic E-state index is -3.46. The van der Waals surface area contributed by atoms with E-state index in [-0.39, 0.29) is 4.90 Å². The second-order valence-corrected chi connectivity index (χ2v) is 4.39. The summed E-state index contributed by atoms with van der Waals surface area (Å²) in [5.41, 5.74) is 8.51. The predicted molar refractivity (Wildman–Crippen MR) is 54.9 cm³/mol. The topological polar surface area (TPSA) is 84.2 Å². The number of nitrogen functional groups attached to an aromatic ring is 1. The maximum Gasteiger partial charge on any atom is 0.253 e. The summed E-state index contributed by atoms with van der Waals surface area (Å²) >= 11 is 0. The highest BCUT2D eigenvalue weighted by Crippen LogP contribution is 2.10. The first-order valence-electron chi connectivity index (χ1n) is 4.16. The van der Waals surface area contributed by atoms with Crippen LogP contribution in [0, 0.1) is 0 Å². The monoisotopic (exact) mass is 215 g/mol. The molecule has 1 rings (SSSR count). The molecule has 0 heterocycles. The molecule has 6 heteroatoms. The van der Waals surface area contributed by atoms with E-state index in [1.807, 2.05) is 0 Å². The van der Waals surface area contributed by atoms with Gasteiger partial charge in [0.2, 0.25) is 0 Å². The van der Waals surface area contributed by atoms with E-state index in [2.05, 4.69) is 10.3 Å². The van der Waals surface area contributed by atoms with E-state index < -0.39 is 10.0 Å². The third kappa shape index (κ3) is 2.69. The molecule has 0 fully saturated rings. The highest BCUT2D eigenvalue weighted by atomic mass is 32.2. The Hall–Kier alpha value is -1.11. The highest BCUT2D eigenvalue weighted by molar-refractivity contribution is 7.89. The summed E-state index contributed by atoms with van der Waals surface area (Å²) in [5.74, 6) is 0. The average Bonchev–Trinajstić information content (AvgIpc) is 2.16. The molecule has 0 aliphatic rings. The molecule has 78 valence electrons. The number of hydrogen-bond acceptors (Lipinski definition) is 4. The van der Waals surface area contributed by atoms with Crippen LogP contribution in [-0.4, -0.2) is 15.0 Å². The summed E-state index contributed by atoms with van der Waals surface area (Å²) < 4.78 is 23.0. The summed E-state index contributed by atoms with van der Waals surface area (Å²) in [6.07, 6.45) is 0. The Morgan fingerprint density at radius 3 is 2.36 bits per heavy atom. The first-order valence-corrected chi connectivity index (χ1v) is 5.65. The SMILES string of the molecule is CCNNS(=O)(=O)c1ccc(N)cc1. The van der Waals surface area contributed by atoms with Crippen molar-refractivity contribution in [2.24, 2.45) is 0 Å². The molecule has 0 atom stereocenters. The van der Waals surface area contributed by atoms with Gasteiger partial charge in [0.25, 0.3) is 10.0 Å². The quantitative estimate of drug-likeness (QED) is 0.490. The van der Waals surface area contributed by atoms with Gasteiger partial charge in [-0.3, -0.25) is 0 Å². The number of hydrazine groups is 1. The Balaban J connectivity index is 2.87. The summed E-state index contributed by atoms with van der Waals surface area (Å²) in [6.45, 7) is 2.32. The van der Waals surface area contributed by atoms with Crippen LogP contribution in [0.4, 0.5) is 5.69 Å². The Labute approximate surface area is 83.3 Å². The summed E-state index contributed by atoms with van der Waals surface area (Å²) in [4.78, 5) is 2.41. The fourth-order valence-electron chi connectivity index (χ4n) is 0.873. The zero-order valence-corrected chi connectivity index (χ0v) is 8.64. The van der Waals surface area contributed by atoms with Gasteiger partial charge in [-0.1, -0.05) is 6.92 Å². The molecule has 4 N–H and O–H groups in total. The van der Waals surface area contributed by atoms with Gasteiger partial charge in [-0.25, -0.2) is 13.8 Å². The summed E-state index contributed by atoms with van der Waals surface area (Å²) in [7, 11) is -3.46. The molecule has 0 aliphatic carbocycles. The van der Waals surface area contributed by atoms with Crippen molar-refractivity contribution in [1.29, 1.82) is 0 Å². The molecule has 0 bridgehead atoms. The van der Waals surface area contributed by atoms with Gasteiger partial charge < -0.3 is 5.73 Å². The molecular weight excluding hydrogens is 202 g/mol. The highest BCUT2D eigenvalue weighted by Gasteiger charge is 2.11. The molecule has 0 spiro atoms. The van der Waals surface area contributed by atoms with Crippen molar-refractivity contribution in [1.82, 2.24) is 10.3 Å². The van der Waals surface area contributed by atoms with E-state index in [4.69, 9.17) is 5.73 Å². The molecule has 0 saturated heterocycles. The second-order valence-electron chi connectivity index (χ2n) is 2.70. The molecular formula is C8H13N3O2S. The minimum absolute atomic E-state index is 0.188. The number of hydrogen-bond donors (Lipinski definition) is 3. The Morgan fingerprint density at radius 1 is 1.29 bits per heavy atom. The van der Waals surface area contributed by atoms with Gasteiger partial charge in [0, 0.05) is 12.2 Å². The number of nitrogens with one attached hydrogen (secondary N) is 2. The average molecular weight is 215 g/mol. The van der Waals surface area contributed by atoms with Crippen molar-refractivity contribution in [2.75, 3.05) is 12.3 Å². The molecule has 1 aromatic rings. The van der Waals surface area contributed by atoms with E-state index in [0.717, 1.165) is 0 Å². The van der Waals surface area contributed by atoms with Crippen LogP contribution >= 0.6 is 0 Å². The number of anilines is 1. The van der Waals surface area contributed by atoms with E-state index in [9.17, 15) is 8.42 Å². The van der Waals surface area contributed by atoms with Gasteiger partial charge in [0.15, 0.2) is 0 Å². The Bertz CT molecular complexity index is 386. The summed E-state index contributed by atoms with van der Waals surface area (Å²) in [5, 5.41) is 0. The fourth-order valence-corrected chi connectivity index (χ4v) is 1.82. The van der Waals surface area contributed by atoms with Crippen molar-refractivity contribution in [3.05, 3.63) is 24.3 Å². The number of sulfonamides is 1. The third-order valence-corrected chi connectivity index (χ3v) is 2.88. The standard InChI is InChI=1S/C8H13N3O2S/c1-2-10-11-14(12,13)8-5-3-7(9)4-6-8/h3-6,10-11H,2,9H2,1H3. The molecule has 0 aromatic heterocycles. The molecule has 0 radical (unpaired) electrons. The number of nitrogens with two attached hydrogens (primary N) is 1. The molecule has 1 aromatic carbocycles. The molecule has 5 nitrogen and oxygen atoms in total. The van der Waals surface area contributed by atoms with Gasteiger partial charge in [0.1, 0.15) is 0 Å². The summed E-state index contributed by atoms with van der Waals surface area (Å²) in [6, 6.07) is 5.99. The maximum absolute atomic E-state index is 11.5. The van der Waals surface area contributed by atoms with Gasteiger partial charge in [0.05, 0.1) is 4.90 Å². The van der Waals surface area contributed by atoms with Crippen LogP contribution in [0.25, 0.3) is 0 Å². The first kappa shape index (κ1) is 11.0. The first-order chi connectivity index (χ1) is 6.56. The van der Waals surface area contributed by atoms with Crippen molar-refractivity contribution < 1.29 is 8.42 Å². The molecule has 0 amide bonds. The van der Waals surface area contributed by atoms with Crippen molar-refractivity contribution in [3.63, 3.8) is 0 Å². The lowest BCUT2D eigenvalue weighted by molar-refractivity contribution is 0.561. The zero-order chi connectivity index (χ0) is 10.6. The van der Waals surface area contributed by atoms with Crippen LogP contribution in [-0.2, 0) is 10.0 Å². The maximum atomic E-state index is 11.5. The number of rotatable bonds is 4. The van der Waals surface area contributed by atoms with Crippen LogP contribution in [0.3, 0.4) is 0 Å². The zero-order valence-electron chi connectivity index (χ0n) is 7.82. The van der Waals surface area contributed by atoms with Crippen molar-refractivity contribution in [3.8, 4) is 0 Å². The normalized spacial score (nSPS) is 11.5. The molecule has 0 saturated carbocycles. The molecule has 0 unspecified atom stereocenters. The third-order valence-electron chi connectivity index (χ3n) is 1.57. The van der Waals surface area contributed by atoms with Crippen molar-refractivity contribution >= 4 is 15.7 Å². The predicted octanol–water partition coefficient (Wildman–Crippen LogP) is 0.0716. The van der Waals surface area contributed by atoms with Crippen LogP contribution in [0.2, 0.25) is 0 Å². The van der Waals surface area contributed by atoms with E-state index in [1.165, 1.54) is 12.1 Å². The van der Waals surface area contributed by atoms with Crippen LogP contribution in [0.1, 0.15) is 6.92 Å². The van der Waals surface area contributed by atoms with Crippen LogP contribution in [0.15, 0.2) is 29.2 Å². The lowest BCUT2D eigenvalue weighted by atomic mass is 10.3. The minimum Gasteiger partial charge on any atom is -0.399 e. The van der Waals surface area contributed by atoms with Gasteiger partial charge in [-0.2, -0.15) is 0 Å². The Kier molecular flexibility index (Phi) is 3.45. The lowest BCUT2D eigenvalue weighted by Crippen LogP contribution is -2.36. The Morgan fingerprint density at radius 2 is 1.86 bits per heavy atom. The van der Waals surface area contributed by atoms with E-state index >= 15 is 0 Å². The largest absolute Gasteiger partial charge is 0.399 e. The van der Waals surface area contributed by atoms with Crippen LogP contribution in [0.5, 0.6) is 0 Å². The number of benzene rings is 1. The van der Waals surface area contributed by atoms with E-state index in [0.29, 0.717) is 12.2 Å². The van der Waals surface area contributed by atoms with Crippen molar-refractivity contribution in [2.45, 2.75) is 11.8 Å². The van der Waals surface area contributed by atoms with Gasteiger partial charge in [-0.05, 0) is 24.3 Å². The molecule has 0 aliphatic heterocycles. The fraction of sp³-hybridized carbons (Fsp3) is 0.250. The van der Waals surface area contributed by atoms with Gasteiger partial charge >= 0.3 is 0 Å². The van der Waals surface area contributed by atoms with Gasteiger partial charge in [-0.15, -0.1) is 4.83 Å². The van der Waals surface area contributed by atoms with Crippen LogP contribution < -0.4 is 16.0 Å².